The van der Waals surface area contributed by atoms with Crippen molar-refractivity contribution in [1.82, 2.24) is 0 Å². The highest BCUT2D eigenvalue weighted by molar-refractivity contribution is 6.31. The van der Waals surface area contributed by atoms with Crippen LogP contribution in [-0.4, -0.2) is 23.7 Å². The van der Waals surface area contributed by atoms with Gasteiger partial charge in [-0.3, -0.25) is 0 Å². The van der Waals surface area contributed by atoms with E-state index in [1.807, 2.05) is 13.0 Å². The van der Waals surface area contributed by atoms with Gasteiger partial charge in [0.1, 0.15) is 0 Å². The van der Waals surface area contributed by atoms with E-state index in [1.165, 1.54) is 25.3 Å². The van der Waals surface area contributed by atoms with Gasteiger partial charge in [0.2, 0.25) is 0 Å². The van der Waals surface area contributed by atoms with Crippen LogP contribution in [-0.2, 0) is 0 Å². The summed E-state index contributed by atoms with van der Waals surface area (Å²) in [6.07, 6.45) is 3.62. The van der Waals surface area contributed by atoms with E-state index < -0.39 is 5.97 Å². The predicted molar refractivity (Wildman–Crippen MR) is 73.8 cm³/mol. The third-order valence-corrected chi connectivity index (χ3v) is 3.96. The molecule has 0 spiro atoms. The lowest BCUT2D eigenvalue weighted by molar-refractivity contribution is 0.0696. The molecule has 1 aliphatic carbocycles. The molecule has 0 heterocycles. The van der Waals surface area contributed by atoms with Crippen LogP contribution >= 0.6 is 11.6 Å². The average molecular weight is 268 g/mol. The zero-order valence-electron chi connectivity index (χ0n) is 10.7. The van der Waals surface area contributed by atoms with E-state index in [-0.39, 0.29) is 0 Å². The zero-order chi connectivity index (χ0) is 13.3. The van der Waals surface area contributed by atoms with E-state index in [2.05, 4.69) is 11.8 Å². The molecule has 0 aromatic heterocycles. The molecule has 98 valence electrons. The normalized spacial score (nSPS) is 15.3. The molecule has 1 aliphatic rings. The summed E-state index contributed by atoms with van der Waals surface area (Å²) in [4.78, 5) is 13.5. The average Bonchev–Trinajstić information content (AvgIpc) is 2.25. The monoisotopic (exact) mass is 267 g/mol. The number of halogens is 1. The largest absolute Gasteiger partial charge is 0.478 e. The van der Waals surface area contributed by atoms with Crippen molar-refractivity contribution in [3.8, 4) is 0 Å². The van der Waals surface area contributed by atoms with Crippen LogP contribution in [0.15, 0.2) is 12.1 Å². The van der Waals surface area contributed by atoms with E-state index in [9.17, 15) is 9.90 Å². The molecular weight excluding hydrogens is 250 g/mol. The van der Waals surface area contributed by atoms with Gasteiger partial charge in [0.15, 0.2) is 0 Å². The van der Waals surface area contributed by atoms with Gasteiger partial charge in [0.25, 0.3) is 0 Å². The molecule has 0 unspecified atom stereocenters. The fraction of sp³-hybridized carbons (Fsp3) is 0.500. The Labute approximate surface area is 112 Å². The van der Waals surface area contributed by atoms with Gasteiger partial charge in [-0.1, -0.05) is 11.6 Å². The Morgan fingerprint density at radius 2 is 2.17 bits per heavy atom. The van der Waals surface area contributed by atoms with Gasteiger partial charge in [0.05, 0.1) is 5.56 Å². The molecule has 0 saturated heterocycles. The van der Waals surface area contributed by atoms with E-state index >= 15 is 0 Å². The number of anilines is 1. The topological polar surface area (TPSA) is 40.5 Å². The minimum atomic E-state index is -0.916. The molecule has 1 aromatic carbocycles. The molecule has 0 amide bonds. The molecule has 1 fully saturated rings. The van der Waals surface area contributed by atoms with Gasteiger partial charge in [0, 0.05) is 23.3 Å². The summed E-state index contributed by atoms with van der Waals surface area (Å²) < 4.78 is 0. The second-order valence-electron chi connectivity index (χ2n) is 4.77. The molecule has 0 atom stereocenters. The summed E-state index contributed by atoms with van der Waals surface area (Å²) >= 11 is 6.04. The molecular formula is C14H18ClNO2. The van der Waals surface area contributed by atoms with Gasteiger partial charge in [-0.05, 0) is 50.8 Å². The summed E-state index contributed by atoms with van der Waals surface area (Å²) in [5.41, 5.74) is 2.07. The molecule has 2 rings (SSSR count). The Morgan fingerprint density at radius 1 is 1.50 bits per heavy atom. The van der Waals surface area contributed by atoms with Gasteiger partial charge < -0.3 is 10.0 Å². The second kappa shape index (κ2) is 5.19. The van der Waals surface area contributed by atoms with E-state index in [1.54, 1.807) is 0 Å². The molecule has 1 saturated carbocycles. The Bertz CT molecular complexity index is 469. The molecule has 1 N–H and O–H groups in total. The van der Waals surface area contributed by atoms with E-state index in [4.69, 9.17) is 11.6 Å². The van der Waals surface area contributed by atoms with Crippen molar-refractivity contribution in [1.29, 1.82) is 0 Å². The van der Waals surface area contributed by atoms with Crippen molar-refractivity contribution in [3.63, 3.8) is 0 Å². The molecule has 0 bridgehead atoms. The lowest BCUT2D eigenvalue weighted by Crippen LogP contribution is -2.40. The first-order valence-electron chi connectivity index (χ1n) is 6.34. The van der Waals surface area contributed by atoms with Crippen LogP contribution in [0.1, 0.15) is 42.1 Å². The Hall–Kier alpha value is -1.22. The minimum Gasteiger partial charge on any atom is -0.478 e. The van der Waals surface area contributed by atoms with Crippen LogP contribution in [0.4, 0.5) is 5.69 Å². The van der Waals surface area contributed by atoms with Crippen LogP contribution in [0.25, 0.3) is 0 Å². The molecule has 0 radical (unpaired) electrons. The molecule has 1 aromatic rings. The molecule has 18 heavy (non-hydrogen) atoms. The van der Waals surface area contributed by atoms with E-state index in [0.29, 0.717) is 16.6 Å². The molecule has 0 aliphatic heterocycles. The SMILES string of the molecule is CCN(c1cc(Cl)cc(C(=O)O)c1C)C1CCC1. The second-order valence-corrected chi connectivity index (χ2v) is 5.21. The minimum absolute atomic E-state index is 0.301. The number of benzene rings is 1. The number of carboxylic acid groups (broad SMARTS) is 1. The van der Waals surface area contributed by atoms with Gasteiger partial charge in [-0.25, -0.2) is 4.79 Å². The highest BCUT2D eigenvalue weighted by Gasteiger charge is 2.26. The highest BCUT2D eigenvalue weighted by atomic mass is 35.5. The third kappa shape index (κ3) is 2.32. The number of rotatable bonds is 4. The van der Waals surface area contributed by atoms with Crippen molar-refractivity contribution in [2.75, 3.05) is 11.4 Å². The number of hydrogen-bond donors (Lipinski definition) is 1. The number of hydrogen-bond acceptors (Lipinski definition) is 2. The standard InChI is InChI=1S/C14H18ClNO2/c1-3-16(11-5-4-6-11)13-8-10(15)7-12(9(13)2)14(17)18/h7-8,11H,3-6H2,1-2H3,(H,17,18). The van der Waals surface area contributed by atoms with Crippen molar-refractivity contribution in [2.24, 2.45) is 0 Å². The fourth-order valence-electron chi connectivity index (χ4n) is 2.51. The smallest absolute Gasteiger partial charge is 0.336 e. The maximum atomic E-state index is 11.2. The van der Waals surface area contributed by atoms with Gasteiger partial charge in [-0.2, -0.15) is 0 Å². The number of carboxylic acids is 1. The number of nitrogens with zero attached hydrogens (tertiary/aromatic N) is 1. The lowest BCUT2D eigenvalue weighted by atomic mass is 9.90. The summed E-state index contributed by atoms with van der Waals surface area (Å²) in [7, 11) is 0. The molecule has 3 nitrogen and oxygen atoms in total. The third-order valence-electron chi connectivity index (χ3n) is 3.74. The Balaban J connectivity index is 2.44. The maximum Gasteiger partial charge on any atom is 0.336 e. The summed E-state index contributed by atoms with van der Waals surface area (Å²) in [6, 6.07) is 3.94. The van der Waals surface area contributed by atoms with Crippen LogP contribution in [0, 0.1) is 6.92 Å². The van der Waals surface area contributed by atoms with Crippen molar-refractivity contribution in [3.05, 3.63) is 28.3 Å². The van der Waals surface area contributed by atoms with Crippen LogP contribution in [0.5, 0.6) is 0 Å². The van der Waals surface area contributed by atoms with Gasteiger partial charge in [-0.15, -0.1) is 0 Å². The predicted octanol–water partition coefficient (Wildman–Crippen LogP) is 3.73. The number of carbonyl (C=O) groups is 1. The van der Waals surface area contributed by atoms with Crippen molar-refractivity contribution < 1.29 is 9.90 Å². The van der Waals surface area contributed by atoms with Crippen molar-refractivity contribution >= 4 is 23.3 Å². The first-order valence-corrected chi connectivity index (χ1v) is 6.72. The molecule has 4 heteroatoms. The summed E-state index contributed by atoms with van der Waals surface area (Å²) in [6.45, 7) is 4.83. The quantitative estimate of drug-likeness (QED) is 0.904. The number of aromatic carboxylic acids is 1. The Morgan fingerprint density at radius 3 is 2.61 bits per heavy atom. The first-order chi connectivity index (χ1) is 8.54. The lowest BCUT2D eigenvalue weighted by Gasteiger charge is -2.39. The fourth-order valence-corrected chi connectivity index (χ4v) is 2.72. The van der Waals surface area contributed by atoms with Crippen molar-refractivity contribution in [2.45, 2.75) is 39.2 Å². The van der Waals surface area contributed by atoms with Crippen LogP contribution < -0.4 is 4.90 Å². The zero-order valence-corrected chi connectivity index (χ0v) is 11.5. The maximum absolute atomic E-state index is 11.2. The van der Waals surface area contributed by atoms with Crippen LogP contribution in [0.3, 0.4) is 0 Å². The highest BCUT2D eigenvalue weighted by Crippen LogP contribution is 2.34. The summed E-state index contributed by atoms with van der Waals surface area (Å²) in [5.74, 6) is -0.916. The van der Waals surface area contributed by atoms with Crippen LogP contribution in [0.2, 0.25) is 5.02 Å². The summed E-state index contributed by atoms with van der Waals surface area (Å²) in [5, 5.41) is 9.69. The van der Waals surface area contributed by atoms with Gasteiger partial charge >= 0.3 is 5.97 Å². The first kappa shape index (κ1) is 13.2. The van der Waals surface area contributed by atoms with E-state index in [0.717, 1.165) is 17.8 Å². The Kier molecular flexibility index (Phi) is 3.81.